The molecular weight excluding hydrogens is 200 g/mol. The Morgan fingerprint density at radius 1 is 1.44 bits per heavy atom. The second kappa shape index (κ2) is 5.37. The summed E-state index contributed by atoms with van der Waals surface area (Å²) in [6, 6.07) is 0. The molecule has 1 aromatic heterocycles. The molecule has 1 unspecified atom stereocenters. The molecule has 2 heterocycles. The Kier molecular flexibility index (Phi) is 3.85. The van der Waals surface area contributed by atoms with E-state index in [1.807, 2.05) is 19.3 Å². The second-order valence-electron chi connectivity index (χ2n) is 4.69. The number of hydrogen-bond acceptors (Lipinski definition) is 4. The van der Waals surface area contributed by atoms with Crippen LogP contribution in [0.25, 0.3) is 0 Å². The van der Waals surface area contributed by atoms with Crippen molar-refractivity contribution >= 4 is 0 Å². The number of hydrogen-bond donors (Lipinski definition) is 1. The van der Waals surface area contributed by atoms with Gasteiger partial charge in [-0.1, -0.05) is 6.92 Å². The van der Waals surface area contributed by atoms with E-state index in [-0.39, 0.29) is 0 Å². The van der Waals surface area contributed by atoms with Gasteiger partial charge in [0, 0.05) is 38.6 Å². The van der Waals surface area contributed by atoms with Crippen LogP contribution in [-0.2, 0) is 6.54 Å². The monoisotopic (exact) mass is 220 g/mol. The van der Waals surface area contributed by atoms with Crippen LogP contribution >= 0.6 is 0 Å². The molecule has 16 heavy (non-hydrogen) atoms. The van der Waals surface area contributed by atoms with Crippen LogP contribution in [0.1, 0.15) is 18.3 Å². The molecule has 0 saturated carbocycles. The summed E-state index contributed by atoms with van der Waals surface area (Å²) in [6.07, 6.45) is 3.73. The topological polar surface area (TPSA) is 41.1 Å². The first kappa shape index (κ1) is 11.5. The van der Waals surface area contributed by atoms with Gasteiger partial charge in [0.05, 0.1) is 11.4 Å². The quantitative estimate of drug-likeness (QED) is 0.801. The van der Waals surface area contributed by atoms with Crippen molar-refractivity contribution in [1.82, 2.24) is 20.2 Å². The van der Waals surface area contributed by atoms with Crippen molar-refractivity contribution in [1.29, 1.82) is 0 Å². The molecule has 0 bridgehead atoms. The van der Waals surface area contributed by atoms with Gasteiger partial charge in [-0.05, 0) is 19.4 Å². The minimum Gasteiger partial charge on any atom is -0.315 e. The van der Waals surface area contributed by atoms with E-state index in [9.17, 15) is 0 Å². The molecule has 2 rings (SSSR count). The van der Waals surface area contributed by atoms with E-state index < -0.39 is 0 Å². The lowest BCUT2D eigenvalue weighted by molar-refractivity contribution is 0.253. The summed E-state index contributed by atoms with van der Waals surface area (Å²) in [4.78, 5) is 11.1. The van der Waals surface area contributed by atoms with Crippen LogP contribution in [0, 0.1) is 12.8 Å². The Labute approximate surface area is 97.1 Å². The molecule has 1 fully saturated rings. The molecule has 1 atom stereocenters. The average molecular weight is 220 g/mol. The molecule has 4 heteroatoms. The van der Waals surface area contributed by atoms with Gasteiger partial charge >= 0.3 is 0 Å². The maximum absolute atomic E-state index is 4.40. The van der Waals surface area contributed by atoms with Gasteiger partial charge in [-0.25, -0.2) is 0 Å². The van der Waals surface area contributed by atoms with Crippen LogP contribution in [-0.4, -0.2) is 41.0 Å². The second-order valence-corrected chi connectivity index (χ2v) is 4.69. The van der Waals surface area contributed by atoms with Gasteiger partial charge in [-0.2, -0.15) is 0 Å². The summed E-state index contributed by atoms with van der Waals surface area (Å²) >= 11 is 0. The molecule has 0 radical (unpaired) electrons. The van der Waals surface area contributed by atoms with Crippen molar-refractivity contribution in [3.8, 4) is 0 Å². The SMILES string of the molecule is Cc1cnc(CN2CCNCC(C)C2)cn1. The lowest BCUT2D eigenvalue weighted by Crippen LogP contribution is -2.29. The third-order valence-corrected chi connectivity index (χ3v) is 2.89. The van der Waals surface area contributed by atoms with Crippen molar-refractivity contribution in [2.24, 2.45) is 5.92 Å². The summed E-state index contributed by atoms with van der Waals surface area (Å²) in [5, 5.41) is 3.44. The zero-order valence-electron chi connectivity index (χ0n) is 10.1. The zero-order valence-corrected chi connectivity index (χ0v) is 10.1. The van der Waals surface area contributed by atoms with Crippen molar-refractivity contribution in [2.75, 3.05) is 26.2 Å². The number of aryl methyl sites for hydroxylation is 1. The van der Waals surface area contributed by atoms with Gasteiger partial charge in [0.2, 0.25) is 0 Å². The Balaban J connectivity index is 1.95. The van der Waals surface area contributed by atoms with Crippen LogP contribution < -0.4 is 5.32 Å². The Morgan fingerprint density at radius 2 is 2.31 bits per heavy atom. The lowest BCUT2D eigenvalue weighted by atomic mass is 10.2. The largest absolute Gasteiger partial charge is 0.315 e. The highest BCUT2D eigenvalue weighted by atomic mass is 15.2. The summed E-state index contributed by atoms with van der Waals surface area (Å²) in [5.41, 5.74) is 2.05. The highest BCUT2D eigenvalue weighted by molar-refractivity contribution is 5.00. The summed E-state index contributed by atoms with van der Waals surface area (Å²) in [5.74, 6) is 0.709. The number of aromatic nitrogens is 2. The average Bonchev–Trinajstić information content (AvgIpc) is 2.46. The van der Waals surface area contributed by atoms with Gasteiger partial charge in [0.1, 0.15) is 0 Å². The molecule has 1 aliphatic heterocycles. The molecule has 1 aromatic rings. The fraction of sp³-hybridized carbons (Fsp3) is 0.667. The van der Waals surface area contributed by atoms with E-state index in [1.54, 1.807) is 0 Å². The minimum absolute atomic E-state index is 0.709. The number of rotatable bonds is 2. The van der Waals surface area contributed by atoms with E-state index in [0.29, 0.717) is 5.92 Å². The molecule has 88 valence electrons. The van der Waals surface area contributed by atoms with Gasteiger partial charge in [0.15, 0.2) is 0 Å². The van der Waals surface area contributed by atoms with Crippen LogP contribution in [0.15, 0.2) is 12.4 Å². The molecule has 1 aliphatic rings. The fourth-order valence-corrected chi connectivity index (χ4v) is 2.06. The van der Waals surface area contributed by atoms with Crippen LogP contribution in [0.4, 0.5) is 0 Å². The first-order chi connectivity index (χ1) is 7.74. The lowest BCUT2D eigenvalue weighted by Gasteiger charge is -2.21. The highest BCUT2D eigenvalue weighted by Crippen LogP contribution is 2.06. The molecule has 1 N–H and O–H groups in total. The third kappa shape index (κ3) is 3.25. The van der Waals surface area contributed by atoms with Gasteiger partial charge in [-0.3, -0.25) is 14.9 Å². The number of nitrogens with zero attached hydrogens (tertiary/aromatic N) is 3. The molecule has 0 aromatic carbocycles. The third-order valence-electron chi connectivity index (χ3n) is 2.89. The van der Waals surface area contributed by atoms with E-state index >= 15 is 0 Å². The minimum atomic E-state index is 0.709. The highest BCUT2D eigenvalue weighted by Gasteiger charge is 2.14. The zero-order chi connectivity index (χ0) is 11.4. The maximum atomic E-state index is 4.40. The normalized spacial score (nSPS) is 23.0. The molecule has 0 aliphatic carbocycles. The molecule has 0 amide bonds. The maximum Gasteiger partial charge on any atom is 0.0727 e. The van der Waals surface area contributed by atoms with Crippen LogP contribution in [0.3, 0.4) is 0 Å². The molecule has 4 nitrogen and oxygen atoms in total. The predicted molar refractivity (Wildman–Crippen MR) is 64.1 cm³/mol. The first-order valence-electron chi connectivity index (χ1n) is 5.94. The number of nitrogens with one attached hydrogen (secondary N) is 1. The Bertz CT molecular complexity index is 322. The van der Waals surface area contributed by atoms with Crippen molar-refractivity contribution < 1.29 is 0 Å². The van der Waals surface area contributed by atoms with E-state index in [1.165, 1.54) is 0 Å². The summed E-state index contributed by atoms with van der Waals surface area (Å²) < 4.78 is 0. The molecular formula is C12H20N4. The van der Waals surface area contributed by atoms with Crippen LogP contribution in [0.5, 0.6) is 0 Å². The van der Waals surface area contributed by atoms with Gasteiger partial charge in [0.25, 0.3) is 0 Å². The fourth-order valence-electron chi connectivity index (χ4n) is 2.06. The smallest absolute Gasteiger partial charge is 0.0727 e. The van der Waals surface area contributed by atoms with E-state index in [2.05, 4.69) is 27.1 Å². The Morgan fingerprint density at radius 3 is 3.06 bits per heavy atom. The first-order valence-corrected chi connectivity index (χ1v) is 5.94. The summed E-state index contributed by atoms with van der Waals surface area (Å²) in [7, 11) is 0. The van der Waals surface area contributed by atoms with Gasteiger partial charge in [-0.15, -0.1) is 0 Å². The predicted octanol–water partition coefficient (Wildman–Crippen LogP) is 0.826. The van der Waals surface area contributed by atoms with Crippen molar-refractivity contribution in [3.63, 3.8) is 0 Å². The van der Waals surface area contributed by atoms with E-state index in [0.717, 1.165) is 44.1 Å². The van der Waals surface area contributed by atoms with Crippen molar-refractivity contribution in [2.45, 2.75) is 20.4 Å². The molecule has 1 saturated heterocycles. The Hall–Kier alpha value is -1.00. The summed E-state index contributed by atoms with van der Waals surface area (Å²) in [6.45, 7) is 9.60. The van der Waals surface area contributed by atoms with Crippen molar-refractivity contribution in [3.05, 3.63) is 23.8 Å². The molecule has 0 spiro atoms. The van der Waals surface area contributed by atoms with Gasteiger partial charge < -0.3 is 5.32 Å². The van der Waals surface area contributed by atoms with Crippen LogP contribution in [0.2, 0.25) is 0 Å². The van der Waals surface area contributed by atoms with E-state index in [4.69, 9.17) is 0 Å². The standard InChI is InChI=1S/C12H20N4/c1-10-5-13-3-4-16(8-10)9-12-7-14-11(2)6-15-12/h6-7,10,13H,3-5,8-9H2,1-2H3.